The fourth-order valence-corrected chi connectivity index (χ4v) is 5.93. The molecule has 0 amide bonds. The molecule has 10 rings (SSSR count). The van der Waals surface area contributed by atoms with Crippen molar-refractivity contribution in [3.63, 3.8) is 0 Å². The molecule has 4 heteroatoms. The third kappa shape index (κ3) is 5.96. The van der Waals surface area contributed by atoms with Crippen LogP contribution in [-0.2, 0) is 0 Å². The number of anilines is 3. The second-order valence-electron chi connectivity index (χ2n) is 11.5. The Bertz CT molecular complexity index is 4450. The van der Waals surface area contributed by atoms with Gasteiger partial charge in [-0.05, 0) is 47.7 Å². The maximum atomic E-state index is 10.4. The maximum absolute atomic E-state index is 10.4. The number of rotatable bonds is 7. The first-order valence-corrected chi connectivity index (χ1v) is 16.2. The van der Waals surface area contributed by atoms with E-state index in [0.717, 1.165) is 23.1 Å². The Hall–Kier alpha value is -7.43. The molecule has 8 aromatic carbocycles. The number of aromatic nitrogens is 3. The lowest BCUT2D eigenvalue weighted by atomic mass is 9.93. The number of fused-ring (bicyclic) bond motifs is 5. The molecule has 258 valence electrons. The van der Waals surface area contributed by atoms with Gasteiger partial charge in [-0.3, -0.25) is 0 Å². The van der Waals surface area contributed by atoms with Crippen molar-refractivity contribution in [3.8, 4) is 45.2 Å². The fraction of sp³-hybridized carbons (Fsp3) is 0. The van der Waals surface area contributed by atoms with E-state index in [1.165, 1.54) is 18.2 Å². The zero-order chi connectivity index (χ0) is 60.9. The van der Waals surface area contributed by atoms with Crippen LogP contribution >= 0.6 is 0 Å². The number of nitrogens with zero attached hydrogens (tertiary/aromatic N) is 4. The van der Waals surface area contributed by atoms with E-state index in [9.17, 15) is 12.3 Å². The minimum absolute atomic E-state index is 0.347. The summed E-state index contributed by atoms with van der Waals surface area (Å²) in [6.07, 6.45) is 0. The van der Waals surface area contributed by atoms with Crippen LogP contribution in [0.3, 0.4) is 0 Å². The van der Waals surface area contributed by atoms with Gasteiger partial charge in [0, 0.05) is 55.2 Å². The third-order valence-corrected chi connectivity index (χ3v) is 8.25. The predicted molar refractivity (Wildman–Crippen MR) is 229 cm³/mol. The average molecular weight is 731 g/mol. The highest BCUT2D eigenvalue weighted by atomic mass is 15.1. The molecule has 0 aliphatic rings. The molecule has 0 atom stereocenters. The van der Waals surface area contributed by atoms with Crippen molar-refractivity contribution < 1.29 is 38.4 Å². The van der Waals surface area contributed by atoms with Crippen LogP contribution in [-0.4, -0.2) is 15.0 Å². The van der Waals surface area contributed by atoms with Crippen LogP contribution in [0.15, 0.2) is 206 Å². The van der Waals surface area contributed by atoms with Gasteiger partial charge in [0.25, 0.3) is 0 Å². The van der Waals surface area contributed by atoms with Crippen molar-refractivity contribution in [2.45, 2.75) is 0 Å². The summed E-state index contributed by atoms with van der Waals surface area (Å²) in [5, 5.41) is -2.20. The van der Waals surface area contributed by atoms with Gasteiger partial charge in [-0.2, -0.15) is 0 Å². The van der Waals surface area contributed by atoms with Crippen molar-refractivity contribution in [1.29, 1.82) is 0 Å². The summed E-state index contributed by atoms with van der Waals surface area (Å²) in [6, 6.07) is -16.4. The van der Waals surface area contributed by atoms with Gasteiger partial charge in [0.1, 0.15) is 0 Å². The van der Waals surface area contributed by atoms with Crippen LogP contribution in [0.5, 0.6) is 0 Å². The van der Waals surface area contributed by atoms with Crippen LogP contribution in [0.1, 0.15) is 38.4 Å². The monoisotopic (exact) mass is 730 g/mol. The van der Waals surface area contributed by atoms with Crippen molar-refractivity contribution in [2.24, 2.45) is 0 Å². The molecule has 0 aliphatic heterocycles. The average Bonchev–Trinajstić information content (AvgIpc) is 2.31. The SMILES string of the molecule is [2H]c1cccc(N(c2cc([2H])c([2H])c([2H])c2[2H])c2c([2H])c3c(-c4c([2H])c([2H])c(-c5nc(-c6c([2H])c([2H])c([2H])c([2H])c6[2H])c([2H])c(-c6c([2H])c([2H])c([2H])c([2H])c6[2H])n5)c([2H])c4[2H])nc4c([2H])c([2H])cc([2H])c4c3c3c([2H])cc([2H])c([2H])c23)c1[2H]. The Kier molecular flexibility index (Phi) is 3.63. The van der Waals surface area contributed by atoms with Crippen LogP contribution < -0.4 is 4.90 Å². The maximum Gasteiger partial charge on any atom is 0.160 e. The number of para-hydroxylation sites is 3. The number of benzene rings is 8. The summed E-state index contributed by atoms with van der Waals surface area (Å²) in [5.41, 5.74) is -7.64. The van der Waals surface area contributed by atoms with Crippen molar-refractivity contribution >= 4 is 49.5 Å². The van der Waals surface area contributed by atoms with Crippen molar-refractivity contribution in [1.82, 2.24) is 15.0 Å². The van der Waals surface area contributed by atoms with Gasteiger partial charge in [0.05, 0.1) is 66.7 Å². The summed E-state index contributed by atoms with van der Waals surface area (Å²) in [7, 11) is 0. The van der Waals surface area contributed by atoms with Crippen LogP contribution in [0.2, 0.25) is 0 Å². The second kappa shape index (κ2) is 13.8. The van der Waals surface area contributed by atoms with Gasteiger partial charge in [-0.15, -0.1) is 0 Å². The van der Waals surface area contributed by atoms with Gasteiger partial charge in [-0.1, -0.05) is 163 Å². The van der Waals surface area contributed by atoms with Gasteiger partial charge in [-0.25, -0.2) is 15.0 Å². The van der Waals surface area contributed by atoms with Crippen LogP contribution in [0.4, 0.5) is 17.1 Å². The number of hydrogen-bond donors (Lipinski definition) is 0. The Morgan fingerprint density at radius 1 is 0.400 bits per heavy atom. The summed E-state index contributed by atoms with van der Waals surface area (Å²) in [6.45, 7) is 0. The molecule has 2 heterocycles. The quantitative estimate of drug-likeness (QED) is 0.153. The van der Waals surface area contributed by atoms with Crippen LogP contribution in [0.25, 0.3) is 77.6 Å². The topological polar surface area (TPSA) is 41.9 Å². The lowest BCUT2D eigenvalue weighted by Crippen LogP contribution is -2.10. The van der Waals surface area contributed by atoms with Gasteiger partial charge >= 0.3 is 0 Å². The zero-order valence-corrected chi connectivity index (χ0v) is 27.8. The highest BCUT2D eigenvalue weighted by Gasteiger charge is 2.21. The lowest BCUT2D eigenvalue weighted by molar-refractivity contribution is 1.18. The summed E-state index contributed by atoms with van der Waals surface area (Å²) in [5.74, 6) is -0.913. The standard InChI is InChI=1S/C51H34N4/c1-5-17-35(18-6-1)46-34-47(36-19-7-2-8-20-36)54-51(53-46)38-31-29-37(30-32-38)50-44-33-48(55(39-21-9-3-10-22-39)40-23-11-4-12-24-40)41-25-13-14-26-42(41)49(44)43-27-15-16-28-45(43)52-50/h1-34H/i1D,2D,3D,5D,6D,7D,8D,9D,10D,11D,13D,16D,17D,18D,19D,20D,21D,23D,25D,26D,27D,28D,29D,30D,31D,32D,33D,34D. The Morgan fingerprint density at radius 3 is 1.78 bits per heavy atom. The molecule has 0 saturated carbocycles. The molecule has 55 heavy (non-hydrogen) atoms. The highest BCUT2D eigenvalue weighted by Crippen LogP contribution is 2.45. The van der Waals surface area contributed by atoms with E-state index in [-0.39, 0.29) is 16.5 Å². The summed E-state index contributed by atoms with van der Waals surface area (Å²) >= 11 is 0. The largest absolute Gasteiger partial charge is 0.310 e. The molecular formula is C51H34N4. The van der Waals surface area contributed by atoms with Crippen molar-refractivity contribution in [2.75, 3.05) is 4.90 Å². The van der Waals surface area contributed by atoms with E-state index in [1.807, 2.05) is 0 Å². The van der Waals surface area contributed by atoms with Gasteiger partial charge in [0.2, 0.25) is 0 Å². The van der Waals surface area contributed by atoms with Gasteiger partial charge in [0.15, 0.2) is 5.82 Å². The van der Waals surface area contributed by atoms with E-state index in [4.69, 9.17) is 26.0 Å². The van der Waals surface area contributed by atoms with Crippen LogP contribution in [0, 0.1) is 0 Å². The zero-order valence-electron chi connectivity index (χ0n) is 55.8. The van der Waals surface area contributed by atoms with E-state index in [2.05, 4.69) is 15.0 Å². The molecule has 0 aliphatic carbocycles. The number of pyridine rings is 1. The second-order valence-corrected chi connectivity index (χ2v) is 11.5. The third-order valence-electron chi connectivity index (χ3n) is 8.25. The van der Waals surface area contributed by atoms with Crippen molar-refractivity contribution in [3.05, 3.63) is 206 Å². The minimum Gasteiger partial charge on any atom is -0.310 e. The van der Waals surface area contributed by atoms with E-state index in [1.54, 1.807) is 0 Å². The molecule has 0 saturated heterocycles. The smallest absolute Gasteiger partial charge is 0.160 e. The Morgan fingerprint density at radius 2 is 1.02 bits per heavy atom. The molecule has 2 aromatic heterocycles. The first-order chi connectivity index (χ1) is 38.9. The molecular weight excluding hydrogens is 669 g/mol. The molecule has 10 aromatic rings. The summed E-state index contributed by atoms with van der Waals surface area (Å²) < 4.78 is 251. The Labute approximate surface area is 359 Å². The number of hydrogen-bond acceptors (Lipinski definition) is 4. The minimum atomic E-state index is -1.08. The van der Waals surface area contributed by atoms with E-state index < -0.39 is 247 Å². The molecule has 0 fully saturated rings. The highest BCUT2D eigenvalue weighted by molar-refractivity contribution is 6.25. The van der Waals surface area contributed by atoms with E-state index in [0.29, 0.717) is 0 Å². The normalized spacial score (nSPS) is 18.4. The first-order valence-electron chi connectivity index (χ1n) is 30.2. The molecule has 0 bridgehead atoms. The molecule has 0 N–H and O–H groups in total. The van der Waals surface area contributed by atoms with Gasteiger partial charge < -0.3 is 4.90 Å². The molecule has 0 unspecified atom stereocenters. The summed E-state index contributed by atoms with van der Waals surface area (Å²) in [4.78, 5) is 14.2. The first kappa shape index (κ1) is 14.4. The predicted octanol–water partition coefficient (Wildman–Crippen LogP) is 13.5. The lowest BCUT2D eigenvalue weighted by Gasteiger charge is -2.28. The Balaban J connectivity index is 1.42. The molecule has 4 nitrogen and oxygen atoms in total. The van der Waals surface area contributed by atoms with E-state index >= 15 is 0 Å². The molecule has 0 radical (unpaired) electrons. The molecule has 0 spiro atoms. The fourth-order valence-electron chi connectivity index (χ4n) is 5.93.